The molecule has 0 aromatic carbocycles. The number of hydrogen-bond donors (Lipinski definition) is 1. The highest BCUT2D eigenvalue weighted by molar-refractivity contribution is 5.86. The third-order valence-corrected chi connectivity index (χ3v) is 3.24. The number of carboxylic acid groups (broad SMARTS) is 1. The van der Waals surface area contributed by atoms with Crippen molar-refractivity contribution < 1.29 is 14.6 Å². The summed E-state index contributed by atoms with van der Waals surface area (Å²) in [4.78, 5) is 18.8. The first-order valence-electron chi connectivity index (χ1n) is 6.23. The predicted molar refractivity (Wildman–Crippen MR) is 65.9 cm³/mol. The monoisotopic (exact) mass is 262 g/mol. The van der Waals surface area contributed by atoms with E-state index in [2.05, 4.69) is 15.1 Å². The molecule has 100 valence electrons. The number of aromatic carboxylic acids is 1. The highest BCUT2D eigenvalue weighted by atomic mass is 16.5. The van der Waals surface area contributed by atoms with Crippen molar-refractivity contribution in [3.8, 4) is 0 Å². The van der Waals surface area contributed by atoms with Gasteiger partial charge in [-0.3, -0.25) is 0 Å². The van der Waals surface area contributed by atoms with Crippen LogP contribution in [0.3, 0.4) is 0 Å². The summed E-state index contributed by atoms with van der Waals surface area (Å²) >= 11 is 0. The highest BCUT2D eigenvalue weighted by Crippen LogP contribution is 2.26. The summed E-state index contributed by atoms with van der Waals surface area (Å²) < 4.78 is 7.45. The van der Waals surface area contributed by atoms with E-state index in [4.69, 9.17) is 9.84 Å². The maximum absolute atomic E-state index is 10.9. The molecule has 0 bridgehead atoms. The predicted octanol–water partition coefficient (Wildman–Crippen LogP) is 1.53. The van der Waals surface area contributed by atoms with Crippen LogP contribution in [0.25, 0.3) is 11.0 Å². The molecule has 0 aliphatic carbocycles. The van der Waals surface area contributed by atoms with E-state index in [1.807, 2.05) is 0 Å². The van der Waals surface area contributed by atoms with Crippen molar-refractivity contribution in [1.82, 2.24) is 19.7 Å². The minimum absolute atomic E-state index is 0.107. The summed E-state index contributed by atoms with van der Waals surface area (Å²) in [5, 5.41) is 13.3. The zero-order valence-electron chi connectivity index (χ0n) is 10.5. The standard InChI is InChI=1S/C12H14N4O3/c1-7-10-8(6-13-11(14-10)12(17)18)16(15-7)9-4-2-3-5-19-9/h6,9H,2-5H2,1H3,(H,17,18). The molecule has 1 saturated heterocycles. The number of hydrogen-bond acceptors (Lipinski definition) is 5. The van der Waals surface area contributed by atoms with Crippen molar-refractivity contribution in [2.75, 3.05) is 6.61 Å². The Morgan fingerprint density at radius 3 is 3.05 bits per heavy atom. The average molecular weight is 262 g/mol. The van der Waals surface area contributed by atoms with Crippen molar-refractivity contribution in [3.63, 3.8) is 0 Å². The summed E-state index contributed by atoms with van der Waals surface area (Å²) in [6, 6.07) is 0. The van der Waals surface area contributed by atoms with Gasteiger partial charge in [-0.05, 0) is 26.2 Å². The summed E-state index contributed by atoms with van der Waals surface area (Å²) in [7, 11) is 0. The van der Waals surface area contributed by atoms with E-state index in [1.54, 1.807) is 11.6 Å². The average Bonchev–Trinajstić information content (AvgIpc) is 2.77. The lowest BCUT2D eigenvalue weighted by Gasteiger charge is -2.23. The molecule has 19 heavy (non-hydrogen) atoms. The first kappa shape index (κ1) is 12.0. The van der Waals surface area contributed by atoms with Gasteiger partial charge in [0.05, 0.1) is 11.9 Å². The van der Waals surface area contributed by atoms with Gasteiger partial charge in [0.2, 0.25) is 5.82 Å². The Labute approximate surface area is 109 Å². The molecule has 0 spiro atoms. The maximum Gasteiger partial charge on any atom is 0.373 e. The van der Waals surface area contributed by atoms with Gasteiger partial charge in [-0.15, -0.1) is 0 Å². The Balaban J connectivity index is 2.08. The number of carbonyl (C=O) groups is 1. The van der Waals surface area contributed by atoms with Crippen LogP contribution in [-0.4, -0.2) is 37.4 Å². The van der Waals surface area contributed by atoms with Crippen molar-refractivity contribution in [2.24, 2.45) is 0 Å². The Hall–Kier alpha value is -2.02. The van der Waals surface area contributed by atoms with Crippen LogP contribution in [0.1, 0.15) is 41.8 Å². The molecule has 0 radical (unpaired) electrons. The minimum atomic E-state index is -1.14. The van der Waals surface area contributed by atoms with Crippen LogP contribution < -0.4 is 0 Å². The van der Waals surface area contributed by atoms with E-state index in [9.17, 15) is 4.79 Å². The Kier molecular flexibility index (Phi) is 2.90. The molecular weight excluding hydrogens is 248 g/mol. The molecule has 7 nitrogen and oxygen atoms in total. The fourth-order valence-electron chi connectivity index (χ4n) is 2.31. The molecule has 1 atom stereocenters. The number of fused-ring (bicyclic) bond motifs is 1. The van der Waals surface area contributed by atoms with E-state index < -0.39 is 5.97 Å². The Morgan fingerprint density at radius 2 is 2.37 bits per heavy atom. The first-order chi connectivity index (χ1) is 9.16. The fourth-order valence-corrected chi connectivity index (χ4v) is 2.31. The molecule has 7 heteroatoms. The largest absolute Gasteiger partial charge is 0.475 e. The quantitative estimate of drug-likeness (QED) is 0.882. The summed E-state index contributed by atoms with van der Waals surface area (Å²) in [6.07, 6.45) is 4.46. The molecular formula is C12H14N4O3. The van der Waals surface area contributed by atoms with Crippen LogP contribution in [0, 0.1) is 6.92 Å². The van der Waals surface area contributed by atoms with E-state index in [1.165, 1.54) is 6.20 Å². The molecule has 2 aromatic rings. The highest BCUT2D eigenvalue weighted by Gasteiger charge is 2.21. The van der Waals surface area contributed by atoms with Gasteiger partial charge < -0.3 is 9.84 Å². The molecule has 1 aliphatic heterocycles. The zero-order valence-corrected chi connectivity index (χ0v) is 10.5. The number of nitrogens with zero attached hydrogens (tertiary/aromatic N) is 4. The fraction of sp³-hybridized carbons (Fsp3) is 0.500. The first-order valence-corrected chi connectivity index (χ1v) is 6.23. The van der Waals surface area contributed by atoms with Gasteiger partial charge in [0.15, 0.2) is 6.23 Å². The lowest BCUT2D eigenvalue weighted by molar-refractivity contribution is -0.0368. The third-order valence-electron chi connectivity index (χ3n) is 3.24. The van der Waals surface area contributed by atoms with Crippen LogP contribution in [0.4, 0.5) is 0 Å². The van der Waals surface area contributed by atoms with Crippen LogP contribution in [0.15, 0.2) is 6.20 Å². The summed E-state index contributed by atoms with van der Waals surface area (Å²) in [6.45, 7) is 2.53. The molecule has 0 saturated carbocycles. The maximum atomic E-state index is 10.9. The van der Waals surface area contributed by atoms with Gasteiger partial charge in [0, 0.05) is 6.61 Å². The van der Waals surface area contributed by atoms with Gasteiger partial charge in [-0.2, -0.15) is 5.10 Å². The smallest absolute Gasteiger partial charge is 0.373 e. The zero-order chi connectivity index (χ0) is 13.4. The Morgan fingerprint density at radius 1 is 1.53 bits per heavy atom. The Bertz CT molecular complexity index is 631. The topological polar surface area (TPSA) is 90.1 Å². The lowest BCUT2D eigenvalue weighted by atomic mass is 10.2. The van der Waals surface area contributed by atoms with E-state index in [-0.39, 0.29) is 12.1 Å². The molecule has 1 fully saturated rings. The van der Waals surface area contributed by atoms with Crippen molar-refractivity contribution in [2.45, 2.75) is 32.4 Å². The van der Waals surface area contributed by atoms with Gasteiger partial charge >= 0.3 is 5.97 Å². The lowest BCUT2D eigenvalue weighted by Crippen LogP contribution is -2.19. The normalized spacial score (nSPS) is 19.7. The van der Waals surface area contributed by atoms with Crippen LogP contribution in [-0.2, 0) is 4.74 Å². The molecule has 3 heterocycles. The number of rotatable bonds is 2. The second kappa shape index (κ2) is 4.58. The molecule has 1 N–H and O–H groups in total. The number of aromatic nitrogens is 4. The summed E-state index contributed by atoms with van der Waals surface area (Å²) in [5.74, 6) is -1.34. The van der Waals surface area contributed by atoms with Crippen LogP contribution in [0.5, 0.6) is 0 Å². The van der Waals surface area contributed by atoms with E-state index in [0.717, 1.165) is 31.4 Å². The second-order valence-electron chi connectivity index (χ2n) is 4.58. The van der Waals surface area contributed by atoms with Gasteiger partial charge in [0.25, 0.3) is 0 Å². The van der Waals surface area contributed by atoms with Gasteiger partial charge in [0.1, 0.15) is 11.0 Å². The molecule has 3 rings (SSSR count). The van der Waals surface area contributed by atoms with Crippen molar-refractivity contribution in [1.29, 1.82) is 0 Å². The summed E-state index contributed by atoms with van der Waals surface area (Å²) in [5.41, 5.74) is 1.98. The molecule has 0 amide bonds. The number of carboxylic acids is 1. The SMILES string of the molecule is Cc1nn(C2CCCCO2)c2cnc(C(=O)O)nc12. The van der Waals surface area contributed by atoms with Crippen LogP contribution in [0.2, 0.25) is 0 Å². The van der Waals surface area contributed by atoms with Crippen molar-refractivity contribution >= 4 is 17.0 Å². The number of ether oxygens (including phenoxy) is 1. The number of aryl methyl sites for hydroxylation is 1. The van der Waals surface area contributed by atoms with E-state index >= 15 is 0 Å². The molecule has 2 aromatic heterocycles. The second-order valence-corrected chi connectivity index (χ2v) is 4.58. The minimum Gasteiger partial charge on any atom is -0.475 e. The van der Waals surface area contributed by atoms with Crippen LogP contribution >= 0.6 is 0 Å². The van der Waals surface area contributed by atoms with E-state index in [0.29, 0.717) is 11.2 Å². The van der Waals surface area contributed by atoms with Crippen molar-refractivity contribution in [3.05, 3.63) is 17.7 Å². The third kappa shape index (κ3) is 2.06. The van der Waals surface area contributed by atoms with Gasteiger partial charge in [-0.1, -0.05) is 0 Å². The molecule has 1 aliphatic rings. The van der Waals surface area contributed by atoms with Gasteiger partial charge in [-0.25, -0.2) is 19.4 Å². The molecule has 1 unspecified atom stereocenters.